The minimum Gasteiger partial charge on any atom is -0.451 e. The third kappa shape index (κ3) is 2.91. The lowest BCUT2D eigenvalue weighted by Crippen LogP contribution is -2.42. The maximum atomic E-state index is 12.4. The van der Waals surface area contributed by atoms with E-state index in [1.165, 1.54) is 6.42 Å². The smallest absolute Gasteiger partial charge is 0.287 e. The number of carbonyl (C=O) groups is 1. The Kier molecular flexibility index (Phi) is 4.02. The van der Waals surface area contributed by atoms with E-state index in [0.29, 0.717) is 23.6 Å². The molecule has 2 saturated heterocycles. The molecule has 0 aliphatic carbocycles. The molecule has 2 aliphatic heterocycles. The fourth-order valence-corrected chi connectivity index (χ4v) is 3.82. The summed E-state index contributed by atoms with van der Waals surface area (Å²) in [6.45, 7) is 2.93. The van der Waals surface area contributed by atoms with Crippen molar-refractivity contribution < 1.29 is 9.21 Å². The Morgan fingerprint density at radius 1 is 1.29 bits per heavy atom. The summed E-state index contributed by atoms with van der Waals surface area (Å²) in [4.78, 5) is 12.4. The minimum absolute atomic E-state index is 0.122. The maximum Gasteiger partial charge on any atom is 0.287 e. The summed E-state index contributed by atoms with van der Waals surface area (Å²) in [7, 11) is 0. The second kappa shape index (κ2) is 6.32. The van der Waals surface area contributed by atoms with Crippen LogP contribution in [-0.4, -0.2) is 30.6 Å². The molecule has 2 aromatic rings. The van der Waals surface area contributed by atoms with Gasteiger partial charge in [0.05, 0.1) is 0 Å². The number of benzene rings is 1. The van der Waals surface area contributed by atoms with Crippen LogP contribution in [0.15, 0.2) is 40.8 Å². The zero-order chi connectivity index (χ0) is 16.5. The molecule has 3 atom stereocenters. The van der Waals surface area contributed by atoms with Gasteiger partial charge in [-0.25, -0.2) is 0 Å². The lowest BCUT2D eigenvalue weighted by atomic mass is 9.95. The lowest BCUT2D eigenvalue weighted by molar-refractivity contribution is 0.0903. The zero-order valence-corrected chi connectivity index (χ0v) is 13.8. The molecule has 0 spiro atoms. The molecule has 3 heterocycles. The number of amides is 1. The number of carbonyl (C=O) groups excluding carboxylic acids is 1. The van der Waals surface area contributed by atoms with Gasteiger partial charge >= 0.3 is 0 Å². The van der Waals surface area contributed by atoms with E-state index in [0.717, 1.165) is 30.6 Å². The highest BCUT2D eigenvalue weighted by molar-refractivity contribution is 5.92. The molecule has 1 aromatic heterocycles. The fourth-order valence-electron chi connectivity index (χ4n) is 3.82. The van der Waals surface area contributed by atoms with Crippen molar-refractivity contribution in [3.8, 4) is 11.3 Å². The van der Waals surface area contributed by atoms with Gasteiger partial charge in [0.15, 0.2) is 5.76 Å². The summed E-state index contributed by atoms with van der Waals surface area (Å²) in [6.07, 6.45) is 3.40. The fraction of sp³-hybridized carbons (Fsp3) is 0.421. The van der Waals surface area contributed by atoms with Gasteiger partial charge in [-0.1, -0.05) is 12.1 Å². The van der Waals surface area contributed by atoms with E-state index in [9.17, 15) is 4.79 Å². The third-order valence-electron chi connectivity index (χ3n) is 4.97. The average Bonchev–Trinajstić information content (AvgIpc) is 3.32. The molecule has 5 nitrogen and oxygen atoms in total. The van der Waals surface area contributed by atoms with Gasteiger partial charge in [0, 0.05) is 35.9 Å². The lowest BCUT2D eigenvalue weighted by Gasteiger charge is -2.20. The predicted molar refractivity (Wildman–Crippen MR) is 94.1 cm³/mol. The Hall–Kier alpha value is -2.27. The molecule has 3 N–H and O–H groups in total. The number of furan rings is 1. The summed E-state index contributed by atoms with van der Waals surface area (Å²) in [5.41, 5.74) is 2.01. The Morgan fingerprint density at radius 3 is 2.96 bits per heavy atom. The SMILES string of the molecule is CCNc1cccc(-c2ccc(C(=O)N[C@@H]3C[C@H]4CC[C@@H]3N4)o2)c1. The second-order valence-electron chi connectivity index (χ2n) is 6.64. The van der Waals surface area contributed by atoms with Gasteiger partial charge in [0.2, 0.25) is 0 Å². The summed E-state index contributed by atoms with van der Waals surface area (Å²) < 4.78 is 5.79. The maximum absolute atomic E-state index is 12.4. The van der Waals surface area contributed by atoms with Crippen molar-refractivity contribution in [3.63, 3.8) is 0 Å². The van der Waals surface area contributed by atoms with Gasteiger partial charge in [-0.05, 0) is 50.5 Å². The van der Waals surface area contributed by atoms with E-state index in [2.05, 4.69) is 22.9 Å². The van der Waals surface area contributed by atoms with Crippen molar-refractivity contribution in [3.05, 3.63) is 42.2 Å². The molecule has 24 heavy (non-hydrogen) atoms. The molecule has 5 heteroatoms. The topological polar surface area (TPSA) is 66.3 Å². The van der Waals surface area contributed by atoms with Crippen LogP contribution in [0.3, 0.4) is 0 Å². The number of rotatable bonds is 5. The summed E-state index contributed by atoms with van der Waals surface area (Å²) in [5.74, 6) is 0.969. The first kappa shape index (κ1) is 15.3. The van der Waals surface area contributed by atoms with E-state index in [1.807, 2.05) is 30.3 Å². The Balaban J connectivity index is 1.46. The molecule has 126 valence electrons. The molecular formula is C19H23N3O2. The van der Waals surface area contributed by atoms with Gasteiger partial charge in [-0.3, -0.25) is 4.79 Å². The van der Waals surface area contributed by atoms with Gasteiger partial charge in [-0.15, -0.1) is 0 Å². The molecule has 4 rings (SSSR count). The van der Waals surface area contributed by atoms with E-state index < -0.39 is 0 Å². The van der Waals surface area contributed by atoms with Crippen molar-refractivity contribution in [2.45, 2.75) is 44.3 Å². The molecular weight excluding hydrogens is 302 g/mol. The van der Waals surface area contributed by atoms with Crippen LogP contribution in [0.4, 0.5) is 5.69 Å². The number of fused-ring (bicyclic) bond motifs is 2. The number of nitrogens with one attached hydrogen (secondary N) is 3. The predicted octanol–water partition coefficient (Wildman–Crippen LogP) is 3.00. The first-order chi connectivity index (χ1) is 11.7. The molecule has 1 amide bonds. The van der Waals surface area contributed by atoms with Crippen molar-refractivity contribution in [2.75, 3.05) is 11.9 Å². The first-order valence-electron chi connectivity index (χ1n) is 8.74. The highest BCUT2D eigenvalue weighted by Gasteiger charge is 2.39. The highest BCUT2D eigenvalue weighted by atomic mass is 16.3. The van der Waals surface area contributed by atoms with Crippen molar-refractivity contribution >= 4 is 11.6 Å². The van der Waals surface area contributed by atoms with Crippen LogP contribution < -0.4 is 16.0 Å². The quantitative estimate of drug-likeness (QED) is 0.790. The van der Waals surface area contributed by atoms with Crippen LogP contribution in [-0.2, 0) is 0 Å². The summed E-state index contributed by atoms with van der Waals surface area (Å²) >= 11 is 0. The van der Waals surface area contributed by atoms with Gasteiger partial charge < -0.3 is 20.4 Å². The van der Waals surface area contributed by atoms with Gasteiger partial charge in [-0.2, -0.15) is 0 Å². The Bertz CT molecular complexity index is 740. The Morgan fingerprint density at radius 2 is 2.21 bits per heavy atom. The second-order valence-corrected chi connectivity index (χ2v) is 6.64. The van der Waals surface area contributed by atoms with Crippen LogP contribution in [0.1, 0.15) is 36.7 Å². The van der Waals surface area contributed by atoms with Crippen molar-refractivity contribution in [2.24, 2.45) is 0 Å². The zero-order valence-electron chi connectivity index (χ0n) is 13.8. The van der Waals surface area contributed by atoms with Gasteiger partial charge in [0.1, 0.15) is 5.76 Å². The van der Waals surface area contributed by atoms with E-state index >= 15 is 0 Å². The van der Waals surface area contributed by atoms with Crippen LogP contribution in [0.5, 0.6) is 0 Å². The standard InChI is InChI=1S/C19H23N3O2/c1-2-20-13-5-3-4-12(10-13)17-8-9-18(24-17)19(23)22-16-11-14-6-7-15(16)21-14/h3-5,8-10,14-16,20-21H,2,6-7,11H2,1H3,(H,22,23)/t14-,15+,16-/m1/s1. The molecule has 0 radical (unpaired) electrons. The Labute approximate surface area is 141 Å². The third-order valence-corrected chi connectivity index (χ3v) is 4.97. The van der Waals surface area contributed by atoms with Crippen LogP contribution in [0.25, 0.3) is 11.3 Å². The molecule has 2 bridgehead atoms. The molecule has 0 saturated carbocycles. The van der Waals surface area contributed by atoms with E-state index in [-0.39, 0.29) is 11.9 Å². The summed E-state index contributed by atoms with van der Waals surface area (Å²) in [5, 5.41) is 9.93. The van der Waals surface area contributed by atoms with Crippen LogP contribution >= 0.6 is 0 Å². The molecule has 2 aliphatic rings. The normalized spacial score (nSPS) is 25.0. The molecule has 0 unspecified atom stereocenters. The van der Waals surface area contributed by atoms with E-state index in [4.69, 9.17) is 4.42 Å². The monoisotopic (exact) mass is 325 g/mol. The van der Waals surface area contributed by atoms with E-state index in [1.54, 1.807) is 6.07 Å². The van der Waals surface area contributed by atoms with Crippen LogP contribution in [0, 0.1) is 0 Å². The van der Waals surface area contributed by atoms with Crippen molar-refractivity contribution in [1.29, 1.82) is 0 Å². The molecule has 1 aromatic carbocycles. The number of hydrogen-bond donors (Lipinski definition) is 3. The number of anilines is 1. The minimum atomic E-state index is -0.122. The number of hydrogen-bond acceptors (Lipinski definition) is 4. The average molecular weight is 325 g/mol. The molecule has 2 fully saturated rings. The highest BCUT2D eigenvalue weighted by Crippen LogP contribution is 2.29. The van der Waals surface area contributed by atoms with Crippen LogP contribution in [0.2, 0.25) is 0 Å². The van der Waals surface area contributed by atoms with Gasteiger partial charge in [0.25, 0.3) is 5.91 Å². The van der Waals surface area contributed by atoms with Crippen molar-refractivity contribution in [1.82, 2.24) is 10.6 Å². The summed E-state index contributed by atoms with van der Waals surface area (Å²) in [6, 6.07) is 12.9. The first-order valence-corrected chi connectivity index (χ1v) is 8.74. The largest absolute Gasteiger partial charge is 0.451 e.